The number of hydrogen-bond acceptors (Lipinski definition) is 3. The van der Waals surface area contributed by atoms with Gasteiger partial charge in [0.1, 0.15) is 0 Å². The molecule has 0 fully saturated rings. The summed E-state index contributed by atoms with van der Waals surface area (Å²) in [5.41, 5.74) is 1.03. The Hall–Kier alpha value is -0.390. The van der Waals surface area contributed by atoms with Gasteiger partial charge in [-0.25, -0.2) is 4.79 Å². The molecule has 6 heteroatoms. The molecule has 1 aromatic heterocycles. The van der Waals surface area contributed by atoms with E-state index < -0.39 is 6.10 Å². The first-order valence-corrected chi connectivity index (χ1v) is 5.77. The molecule has 0 bridgehead atoms. The van der Waals surface area contributed by atoms with Gasteiger partial charge in [-0.15, -0.1) is 11.6 Å². The normalized spacial score (nSPS) is 12.9. The van der Waals surface area contributed by atoms with Gasteiger partial charge in [0, 0.05) is 5.69 Å². The molecule has 1 heterocycles. The minimum Gasteiger partial charge on any atom is -0.390 e. The molecule has 0 amide bonds. The summed E-state index contributed by atoms with van der Waals surface area (Å²) in [6, 6.07) is 0. The molecule has 1 aromatic rings. The summed E-state index contributed by atoms with van der Waals surface area (Å²) in [4.78, 5) is 15.4. The van der Waals surface area contributed by atoms with Crippen LogP contribution in [0.1, 0.15) is 11.4 Å². The highest BCUT2D eigenvalue weighted by Gasteiger charge is 2.12. The molecule has 1 N–H and O–H groups in total. The van der Waals surface area contributed by atoms with Crippen LogP contribution in [0.3, 0.4) is 0 Å². The van der Waals surface area contributed by atoms with Crippen molar-refractivity contribution in [3.63, 3.8) is 0 Å². The molecule has 0 saturated heterocycles. The number of hydrogen-bond donors (Lipinski definition) is 1. The third-order valence-corrected chi connectivity index (χ3v) is 3.61. The summed E-state index contributed by atoms with van der Waals surface area (Å²) >= 11 is 8.82. The zero-order valence-electron chi connectivity index (χ0n) is 8.50. The summed E-state index contributed by atoms with van der Waals surface area (Å²) in [5.74, 6) is 0.0946. The van der Waals surface area contributed by atoms with Crippen molar-refractivity contribution in [3.05, 3.63) is 26.3 Å². The predicted molar refractivity (Wildman–Crippen MR) is 62.4 cm³/mol. The molecule has 4 nitrogen and oxygen atoms in total. The van der Waals surface area contributed by atoms with E-state index in [1.54, 1.807) is 13.8 Å². The van der Waals surface area contributed by atoms with E-state index in [4.69, 9.17) is 11.6 Å². The van der Waals surface area contributed by atoms with E-state index in [0.29, 0.717) is 5.69 Å². The molecular weight excluding hydrogens is 283 g/mol. The van der Waals surface area contributed by atoms with E-state index in [1.807, 2.05) is 0 Å². The molecule has 0 spiro atoms. The van der Waals surface area contributed by atoms with Crippen molar-refractivity contribution in [1.29, 1.82) is 0 Å². The molecule has 0 saturated carbocycles. The Balaban J connectivity index is 3.18. The van der Waals surface area contributed by atoms with Gasteiger partial charge in [0.25, 0.3) is 0 Å². The summed E-state index contributed by atoms with van der Waals surface area (Å²) in [6.07, 6.45) is -0.737. The Morgan fingerprint density at radius 2 is 2.20 bits per heavy atom. The van der Waals surface area contributed by atoms with Crippen LogP contribution in [0.5, 0.6) is 0 Å². The minimum absolute atomic E-state index is 0.0946. The topological polar surface area (TPSA) is 55.1 Å². The van der Waals surface area contributed by atoms with Gasteiger partial charge < -0.3 is 5.11 Å². The molecule has 84 valence electrons. The van der Waals surface area contributed by atoms with Crippen molar-refractivity contribution < 1.29 is 5.11 Å². The lowest BCUT2D eigenvalue weighted by molar-refractivity contribution is 0.173. The van der Waals surface area contributed by atoms with Crippen molar-refractivity contribution in [2.75, 3.05) is 5.88 Å². The zero-order chi connectivity index (χ0) is 11.6. The average Bonchev–Trinajstić information content (AvgIpc) is 2.21. The largest absolute Gasteiger partial charge is 0.390 e. The minimum atomic E-state index is -0.737. The van der Waals surface area contributed by atoms with Gasteiger partial charge in [-0.05, 0) is 29.8 Å². The molecule has 0 aliphatic heterocycles. The number of halogens is 2. The quantitative estimate of drug-likeness (QED) is 0.853. The van der Waals surface area contributed by atoms with E-state index in [-0.39, 0.29) is 18.1 Å². The Morgan fingerprint density at radius 3 is 2.73 bits per heavy atom. The molecule has 0 aromatic carbocycles. The Kier molecular flexibility index (Phi) is 4.31. The number of aryl methyl sites for hydroxylation is 1. The maximum Gasteiger partial charge on any atom is 0.348 e. The standard InChI is InChI=1S/C9H12BrClN2O2/c1-5-8(10)6(2)13(9(15)12-5)4-7(14)3-11/h7,14H,3-4H2,1-2H3. The van der Waals surface area contributed by atoms with Crippen molar-refractivity contribution >= 4 is 27.5 Å². The van der Waals surface area contributed by atoms with Crippen LogP contribution in [-0.4, -0.2) is 26.6 Å². The van der Waals surface area contributed by atoms with Gasteiger partial charge in [-0.1, -0.05) is 0 Å². The lowest BCUT2D eigenvalue weighted by atomic mass is 10.3. The lowest BCUT2D eigenvalue weighted by Crippen LogP contribution is -2.31. The van der Waals surface area contributed by atoms with Gasteiger partial charge in [-0.3, -0.25) is 4.57 Å². The van der Waals surface area contributed by atoms with Gasteiger partial charge in [0.05, 0.1) is 28.7 Å². The van der Waals surface area contributed by atoms with Crippen molar-refractivity contribution in [2.24, 2.45) is 0 Å². The van der Waals surface area contributed by atoms with Crippen molar-refractivity contribution in [3.8, 4) is 0 Å². The molecule has 0 aliphatic carbocycles. The fraction of sp³-hybridized carbons (Fsp3) is 0.556. The van der Waals surface area contributed by atoms with Crippen LogP contribution in [0, 0.1) is 13.8 Å². The van der Waals surface area contributed by atoms with E-state index in [1.165, 1.54) is 4.57 Å². The Labute approximate surface area is 101 Å². The Morgan fingerprint density at radius 1 is 1.60 bits per heavy atom. The average molecular weight is 296 g/mol. The summed E-state index contributed by atoms with van der Waals surface area (Å²) < 4.78 is 2.19. The monoisotopic (exact) mass is 294 g/mol. The van der Waals surface area contributed by atoms with Crippen LogP contribution >= 0.6 is 27.5 Å². The van der Waals surface area contributed by atoms with E-state index in [0.717, 1.165) is 10.2 Å². The number of rotatable bonds is 3. The molecule has 1 unspecified atom stereocenters. The molecular formula is C9H12BrClN2O2. The molecule has 1 rings (SSSR count). The van der Waals surface area contributed by atoms with Crippen LogP contribution in [0.4, 0.5) is 0 Å². The first kappa shape index (κ1) is 12.7. The van der Waals surface area contributed by atoms with Crippen LogP contribution in [0.25, 0.3) is 0 Å². The van der Waals surface area contributed by atoms with Crippen molar-refractivity contribution in [2.45, 2.75) is 26.5 Å². The fourth-order valence-electron chi connectivity index (χ4n) is 1.25. The number of alkyl halides is 1. The van der Waals surface area contributed by atoms with Crippen molar-refractivity contribution in [1.82, 2.24) is 9.55 Å². The van der Waals surface area contributed by atoms with E-state index in [9.17, 15) is 9.90 Å². The first-order valence-electron chi connectivity index (χ1n) is 4.45. The summed E-state index contributed by atoms with van der Waals surface area (Å²) in [7, 11) is 0. The van der Waals surface area contributed by atoms with Gasteiger partial charge in [-0.2, -0.15) is 4.98 Å². The first-order chi connectivity index (χ1) is 6.97. The summed E-state index contributed by atoms with van der Waals surface area (Å²) in [5, 5.41) is 9.39. The highest BCUT2D eigenvalue weighted by Crippen LogP contribution is 2.16. The highest BCUT2D eigenvalue weighted by molar-refractivity contribution is 9.10. The number of aliphatic hydroxyl groups excluding tert-OH is 1. The van der Waals surface area contributed by atoms with Gasteiger partial charge in [0.2, 0.25) is 0 Å². The van der Waals surface area contributed by atoms with Gasteiger partial charge >= 0.3 is 5.69 Å². The van der Waals surface area contributed by atoms with Crippen LogP contribution < -0.4 is 5.69 Å². The third kappa shape index (κ3) is 2.80. The summed E-state index contributed by atoms with van der Waals surface area (Å²) in [6.45, 7) is 3.71. The number of aliphatic hydroxyl groups is 1. The molecule has 0 aliphatic rings. The third-order valence-electron chi connectivity index (χ3n) is 2.11. The van der Waals surface area contributed by atoms with Gasteiger partial charge in [0.15, 0.2) is 0 Å². The second-order valence-corrected chi connectivity index (χ2v) is 4.40. The van der Waals surface area contributed by atoms with Crippen LogP contribution in [0.15, 0.2) is 9.27 Å². The highest BCUT2D eigenvalue weighted by atomic mass is 79.9. The number of nitrogens with zero attached hydrogens (tertiary/aromatic N) is 2. The Bertz CT molecular complexity index is 419. The predicted octanol–water partition coefficient (Wildman–Crippen LogP) is 1.22. The van der Waals surface area contributed by atoms with Crippen LogP contribution in [-0.2, 0) is 6.54 Å². The number of aromatic nitrogens is 2. The fourth-order valence-corrected chi connectivity index (χ4v) is 1.65. The SMILES string of the molecule is Cc1nc(=O)n(CC(O)CCl)c(C)c1Br. The smallest absolute Gasteiger partial charge is 0.348 e. The van der Waals surface area contributed by atoms with E-state index >= 15 is 0 Å². The molecule has 15 heavy (non-hydrogen) atoms. The van der Waals surface area contributed by atoms with E-state index in [2.05, 4.69) is 20.9 Å². The second kappa shape index (κ2) is 5.09. The second-order valence-electron chi connectivity index (χ2n) is 3.30. The maximum absolute atomic E-state index is 11.5. The zero-order valence-corrected chi connectivity index (χ0v) is 10.8. The maximum atomic E-state index is 11.5. The van der Waals surface area contributed by atoms with Crippen LogP contribution in [0.2, 0.25) is 0 Å². The lowest BCUT2D eigenvalue weighted by Gasteiger charge is -2.14. The molecule has 1 atom stereocenters. The molecule has 0 radical (unpaired) electrons.